The zero-order chi connectivity index (χ0) is 17.5. The van der Waals surface area contributed by atoms with Crippen molar-refractivity contribution in [3.8, 4) is 11.3 Å². The zero-order valence-electron chi connectivity index (χ0n) is 13.9. The first-order chi connectivity index (χ1) is 11.9. The van der Waals surface area contributed by atoms with Crippen molar-refractivity contribution in [3.63, 3.8) is 0 Å². The zero-order valence-corrected chi connectivity index (χ0v) is 14.7. The minimum Gasteiger partial charge on any atom is -0.369 e. The lowest BCUT2D eigenvalue weighted by atomic mass is 10.1. The molecule has 1 aromatic carbocycles. The lowest BCUT2D eigenvalue weighted by Crippen LogP contribution is -2.25. The van der Waals surface area contributed by atoms with Gasteiger partial charge in [0.1, 0.15) is 22.0 Å². The van der Waals surface area contributed by atoms with Gasteiger partial charge in [0.05, 0.1) is 11.4 Å². The maximum absolute atomic E-state index is 11.6. The second kappa shape index (κ2) is 5.80. The SMILES string of the molecule is CS(=O)(=O)CC1(CNc2cc(-c3ccccc3)nc3ncnn23)CC1. The first kappa shape index (κ1) is 16.0. The molecule has 2 heterocycles. The normalized spacial score (nSPS) is 16.0. The molecular weight excluding hydrogens is 338 g/mol. The third-order valence-electron chi connectivity index (χ3n) is 4.49. The molecule has 0 unspecified atom stereocenters. The first-order valence-electron chi connectivity index (χ1n) is 8.12. The summed E-state index contributed by atoms with van der Waals surface area (Å²) in [6.45, 7) is 0.591. The smallest absolute Gasteiger partial charge is 0.254 e. The highest BCUT2D eigenvalue weighted by Crippen LogP contribution is 2.46. The Morgan fingerprint density at radius 3 is 2.68 bits per heavy atom. The lowest BCUT2D eigenvalue weighted by Gasteiger charge is -2.16. The monoisotopic (exact) mass is 357 g/mol. The molecule has 0 bridgehead atoms. The summed E-state index contributed by atoms with van der Waals surface area (Å²) in [7, 11) is -2.99. The van der Waals surface area contributed by atoms with Crippen LogP contribution in [0, 0.1) is 5.41 Å². The van der Waals surface area contributed by atoms with E-state index < -0.39 is 9.84 Å². The van der Waals surface area contributed by atoms with Crippen LogP contribution in [0.25, 0.3) is 17.0 Å². The summed E-state index contributed by atoms with van der Waals surface area (Å²) in [6.07, 6.45) is 4.60. The first-order valence-corrected chi connectivity index (χ1v) is 10.2. The average molecular weight is 357 g/mol. The number of aromatic nitrogens is 4. The quantitative estimate of drug-likeness (QED) is 0.726. The standard InChI is InChI=1S/C17H19N5O2S/c1-25(23,24)11-17(7-8-17)10-18-15-9-14(13-5-3-2-4-6-13)21-16-19-12-20-22(15)16/h2-6,9,12,18H,7-8,10-11H2,1H3. The fourth-order valence-electron chi connectivity index (χ4n) is 3.08. The van der Waals surface area contributed by atoms with Crippen molar-refractivity contribution in [1.82, 2.24) is 19.6 Å². The number of sulfone groups is 1. The van der Waals surface area contributed by atoms with E-state index in [1.165, 1.54) is 12.6 Å². The Labute approximate surface area is 146 Å². The Hall–Kier alpha value is -2.48. The van der Waals surface area contributed by atoms with E-state index in [0.717, 1.165) is 29.9 Å². The van der Waals surface area contributed by atoms with Crippen LogP contribution in [-0.2, 0) is 9.84 Å². The molecule has 0 atom stereocenters. The van der Waals surface area contributed by atoms with E-state index in [1.54, 1.807) is 4.52 Å². The molecule has 1 fully saturated rings. The maximum Gasteiger partial charge on any atom is 0.254 e. The van der Waals surface area contributed by atoms with Gasteiger partial charge in [-0.15, -0.1) is 0 Å². The predicted molar refractivity (Wildman–Crippen MR) is 96.1 cm³/mol. The number of nitrogens with one attached hydrogen (secondary N) is 1. The van der Waals surface area contributed by atoms with Crippen LogP contribution in [0.4, 0.5) is 5.82 Å². The van der Waals surface area contributed by atoms with Crippen LogP contribution in [0.1, 0.15) is 12.8 Å². The Balaban J connectivity index is 1.64. The van der Waals surface area contributed by atoms with Gasteiger partial charge in [-0.05, 0) is 12.8 Å². The molecule has 0 aliphatic heterocycles. The summed E-state index contributed by atoms with van der Waals surface area (Å²) in [5.74, 6) is 1.49. The predicted octanol–water partition coefficient (Wildman–Crippen LogP) is 2.03. The number of anilines is 1. The van der Waals surface area contributed by atoms with E-state index in [1.807, 2.05) is 36.4 Å². The third-order valence-corrected chi connectivity index (χ3v) is 5.63. The molecule has 1 aliphatic carbocycles. The molecule has 2 aromatic heterocycles. The minimum absolute atomic E-state index is 0.170. The van der Waals surface area contributed by atoms with Gasteiger partial charge in [0.25, 0.3) is 5.78 Å². The van der Waals surface area contributed by atoms with Gasteiger partial charge in [0, 0.05) is 29.8 Å². The van der Waals surface area contributed by atoms with Crippen molar-refractivity contribution in [2.45, 2.75) is 12.8 Å². The van der Waals surface area contributed by atoms with Gasteiger partial charge < -0.3 is 5.32 Å². The summed E-state index contributed by atoms with van der Waals surface area (Å²) in [4.78, 5) is 8.73. The number of benzene rings is 1. The van der Waals surface area contributed by atoms with Crippen molar-refractivity contribution in [2.24, 2.45) is 5.41 Å². The minimum atomic E-state index is -2.99. The van der Waals surface area contributed by atoms with Crippen molar-refractivity contribution in [3.05, 3.63) is 42.7 Å². The van der Waals surface area contributed by atoms with Gasteiger partial charge in [-0.2, -0.15) is 14.6 Å². The second-order valence-corrected chi connectivity index (χ2v) is 8.93. The number of nitrogens with zero attached hydrogens (tertiary/aromatic N) is 4. The van der Waals surface area contributed by atoms with Crippen molar-refractivity contribution in [1.29, 1.82) is 0 Å². The molecule has 7 nitrogen and oxygen atoms in total. The summed E-state index contributed by atoms with van der Waals surface area (Å²) < 4.78 is 24.9. The molecule has 0 amide bonds. The Kier molecular flexibility index (Phi) is 3.72. The highest BCUT2D eigenvalue weighted by Gasteiger charge is 2.45. The molecule has 0 radical (unpaired) electrons. The second-order valence-electron chi connectivity index (χ2n) is 6.79. The van der Waals surface area contributed by atoms with Crippen molar-refractivity contribution in [2.75, 3.05) is 23.9 Å². The maximum atomic E-state index is 11.6. The van der Waals surface area contributed by atoms with Crippen LogP contribution < -0.4 is 5.32 Å². The lowest BCUT2D eigenvalue weighted by molar-refractivity contribution is 0.560. The number of fused-ring (bicyclic) bond motifs is 1. The van der Waals surface area contributed by atoms with Crippen LogP contribution in [0.3, 0.4) is 0 Å². The molecule has 1 aliphatic rings. The summed E-state index contributed by atoms with van der Waals surface area (Å²) in [6, 6.07) is 11.8. The fraction of sp³-hybridized carbons (Fsp3) is 0.353. The molecular formula is C17H19N5O2S. The van der Waals surface area contributed by atoms with E-state index >= 15 is 0 Å². The molecule has 4 rings (SSSR count). The highest BCUT2D eigenvalue weighted by molar-refractivity contribution is 7.90. The molecule has 0 spiro atoms. The van der Waals surface area contributed by atoms with Crippen LogP contribution in [0.5, 0.6) is 0 Å². The molecule has 130 valence electrons. The topological polar surface area (TPSA) is 89.2 Å². The number of hydrogen-bond donors (Lipinski definition) is 1. The molecule has 25 heavy (non-hydrogen) atoms. The summed E-state index contributed by atoms with van der Waals surface area (Å²) >= 11 is 0. The van der Waals surface area contributed by atoms with Crippen LogP contribution in [-0.4, -0.2) is 46.6 Å². The van der Waals surface area contributed by atoms with Gasteiger partial charge in [0.15, 0.2) is 0 Å². The van der Waals surface area contributed by atoms with Gasteiger partial charge in [-0.1, -0.05) is 30.3 Å². The van der Waals surface area contributed by atoms with E-state index in [-0.39, 0.29) is 11.2 Å². The average Bonchev–Trinajstić information content (AvgIpc) is 3.15. The Morgan fingerprint density at radius 1 is 1.24 bits per heavy atom. The van der Waals surface area contributed by atoms with Gasteiger partial charge in [0.2, 0.25) is 0 Å². The van der Waals surface area contributed by atoms with Gasteiger partial charge in [-0.25, -0.2) is 13.4 Å². The van der Waals surface area contributed by atoms with Crippen LogP contribution in [0.2, 0.25) is 0 Å². The van der Waals surface area contributed by atoms with E-state index in [0.29, 0.717) is 12.3 Å². The van der Waals surface area contributed by atoms with Crippen molar-refractivity contribution >= 4 is 21.4 Å². The molecule has 8 heteroatoms. The highest BCUT2D eigenvalue weighted by atomic mass is 32.2. The van der Waals surface area contributed by atoms with E-state index in [2.05, 4.69) is 20.4 Å². The summed E-state index contributed by atoms with van der Waals surface area (Å²) in [5, 5.41) is 7.58. The Bertz CT molecular complexity index is 1010. The van der Waals surface area contributed by atoms with Gasteiger partial charge in [-0.3, -0.25) is 0 Å². The molecule has 1 N–H and O–H groups in total. The largest absolute Gasteiger partial charge is 0.369 e. The molecule has 3 aromatic rings. The fourth-order valence-corrected chi connectivity index (χ4v) is 4.58. The summed E-state index contributed by atoms with van der Waals surface area (Å²) in [5.41, 5.74) is 1.63. The number of rotatable bonds is 6. The van der Waals surface area contributed by atoms with E-state index in [4.69, 9.17) is 0 Å². The number of hydrogen-bond acceptors (Lipinski definition) is 6. The molecule has 1 saturated carbocycles. The third kappa shape index (κ3) is 3.48. The van der Waals surface area contributed by atoms with E-state index in [9.17, 15) is 8.42 Å². The molecule has 0 saturated heterocycles. The van der Waals surface area contributed by atoms with Gasteiger partial charge >= 0.3 is 0 Å². The Morgan fingerprint density at radius 2 is 2.00 bits per heavy atom. The van der Waals surface area contributed by atoms with Crippen molar-refractivity contribution < 1.29 is 8.42 Å². The van der Waals surface area contributed by atoms with Crippen LogP contribution in [0.15, 0.2) is 42.7 Å². The van der Waals surface area contributed by atoms with Crippen LogP contribution >= 0.6 is 0 Å².